The Bertz CT molecular complexity index is 463. The Kier molecular flexibility index (Phi) is 2.41. The van der Waals surface area contributed by atoms with E-state index in [1.807, 2.05) is 28.8 Å². The second kappa shape index (κ2) is 3.71. The number of hydrogen-bond acceptors (Lipinski definition) is 4. The SMILES string of the molecule is C=CCSc1nnc2ccc(N)cn12. The van der Waals surface area contributed by atoms with E-state index < -0.39 is 0 Å². The Hall–Kier alpha value is -1.49. The van der Waals surface area contributed by atoms with E-state index in [9.17, 15) is 0 Å². The zero-order chi connectivity index (χ0) is 9.97. The molecular weight excluding hydrogens is 196 g/mol. The first-order valence-electron chi connectivity index (χ1n) is 4.15. The zero-order valence-corrected chi connectivity index (χ0v) is 8.37. The van der Waals surface area contributed by atoms with Crippen molar-refractivity contribution in [3.8, 4) is 0 Å². The van der Waals surface area contributed by atoms with Gasteiger partial charge in [-0.25, -0.2) is 0 Å². The van der Waals surface area contributed by atoms with Gasteiger partial charge in [-0.05, 0) is 12.1 Å². The van der Waals surface area contributed by atoms with Crippen LogP contribution in [0.1, 0.15) is 0 Å². The van der Waals surface area contributed by atoms with Crippen molar-refractivity contribution in [3.05, 3.63) is 31.0 Å². The molecule has 0 amide bonds. The summed E-state index contributed by atoms with van der Waals surface area (Å²) in [5.74, 6) is 0.815. The summed E-state index contributed by atoms with van der Waals surface area (Å²) in [5.41, 5.74) is 7.19. The minimum absolute atomic E-state index is 0.706. The number of thioether (sulfide) groups is 1. The summed E-state index contributed by atoms with van der Waals surface area (Å²) < 4.78 is 1.88. The predicted molar refractivity (Wildman–Crippen MR) is 58.3 cm³/mol. The van der Waals surface area contributed by atoms with Gasteiger partial charge < -0.3 is 5.73 Å². The van der Waals surface area contributed by atoms with Gasteiger partial charge in [0, 0.05) is 17.6 Å². The first-order valence-corrected chi connectivity index (χ1v) is 5.14. The molecule has 2 N–H and O–H groups in total. The van der Waals surface area contributed by atoms with Crippen LogP contribution in [0.3, 0.4) is 0 Å². The maximum absolute atomic E-state index is 5.67. The molecule has 0 saturated heterocycles. The van der Waals surface area contributed by atoms with Gasteiger partial charge in [0.2, 0.25) is 0 Å². The third-order valence-electron chi connectivity index (χ3n) is 1.72. The molecule has 0 saturated carbocycles. The number of fused-ring (bicyclic) bond motifs is 1. The first kappa shape index (κ1) is 9.08. The number of rotatable bonds is 3. The third-order valence-corrected chi connectivity index (χ3v) is 2.66. The summed E-state index contributed by atoms with van der Waals surface area (Å²) in [6, 6.07) is 3.66. The molecule has 0 aromatic carbocycles. The normalized spacial score (nSPS) is 10.6. The largest absolute Gasteiger partial charge is 0.398 e. The lowest BCUT2D eigenvalue weighted by atomic mass is 10.4. The fourth-order valence-electron chi connectivity index (χ4n) is 1.12. The molecule has 2 aromatic rings. The van der Waals surface area contributed by atoms with Crippen molar-refractivity contribution in [1.29, 1.82) is 0 Å². The van der Waals surface area contributed by atoms with E-state index in [0.717, 1.165) is 16.6 Å². The van der Waals surface area contributed by atoms with Gasteiger partial charge in [-0.15, -0.1) is 16.8 Å². The third kappa shape index (κ3) is 1.58. The van der Waals surface area contributed by atoms with Crippen LogP contribution in [0.15, 0.2) is 36.1 Å². The van der Waals surface area contributed by atoms with Crippen molar-refractivity contribution >= 4 is 23.1 Å². The molecule has 0 radical (unpaired) electrons. The lowest BCUT2D eigenvalue weighted by Gasteiger charge is -1.98. The van der Waals surface area contributed by atoms with Crippen molar-refractivity contribution in [2.45, 2.75) is 5.16 Å². The number of nitrogen functional groups attached to an aromatic ring is 1. The summed E-state index contributed by atoms with van der Waals surface area (Å²) in [6.07, 6.45) is 3.65. The summed E-state index contributed by atoms with van der Waals surface area (Å²) in [4.78, 5) is 0. The molecule has 0 aliphatic carbocycles. The second-order valence-corrected chi connectivity index (χ2v) is 3.76. The lowest BCUT2D eigenvalue weighted by Crippen LogP contribution is -1.91. The van der Waals surface area contributed by atoms with E-state index in [0.29, 0.717) is 5.69 Å². The monoisotopic (exact) mass is 206 g/mol. The Morgan fingerprint density at radius 3 is 3.14 bits per heavy atom. The number of anilines is 1. The second-order valence-electron chi connectivity index (χ2n) is 2.77. The maximum Gasteiger partial charge on any atom is 0.195 e. The van der Waals surface area contributed by atoms with Crippen LogP contribution in [0.25, 0.3) is 5.65 Å². The van der Waals surface area contributed by atoms with Crippen molar-refractivity contribution in [3.63, 3.8) is 0 Å². The van der Waals surface area contributed by atoms with Crippen LogP contribution < -0.4 is 5.73 Å². The molecule has 0 fully saturated rings. The molecule has 0 bridgehead atoms. The highest BCUT2D eigenvalue weighted by molar-refractivity contribution is 7.99. The summed E-state index contributed by atoms with van der Waals surface area (Å²) >= 11 is 1.58. The number of hydrogen-bond donors (Lipinski definition) is 1. The fraction of sp³-hybridized carbons (Fsp3) is 0.111. The van der Waals surface area contributed by atoms with Crippen LogP contribution in [-0.4, -0.2) is 20.4 Å². The van der Waals surface area contributed by atoms with Crippen LogP contribution in [0, 0.1) is 0 Å². The number of nitrogens with zero attached hydrogens (tertiary/aromatic N) is 3. The van der Waals surface area contributed by atoms with Crippen molar-refractivity contribution in [2.75, 3.05) is 11.5 Å². The molecule has 0 aliphatic rings. The molecule has 0 aliphatic heterocycles. The van der Waals surface area contributed by atoms with Crippen LogP contribution >= 0.6 is 11.8 Å². The Labute approximate surface area is 85.8 Å². The predicted octanol–water partition coefficient (Wildman–Crippen LogP) is 1.59. The minimum Gasteiger partial charge on any atom is -0.398 e. The van der Waals surface area contributed by atoms with E-state index in [4.69, 9.17) is 5.73 Å². The highest BCUT2D eigenvalue weighted by atomic mass is 32.2. The average molecular weight is 206 g/mol. The molecule has 0 atom stereocenters. The van der Waals surface area contributed by atoms with Gasteiger partial charge in [-0.3, -0.25) is 4.40 Å². The molecule has 2 rings (SSSR count). The lowest BCUT2D eigenvalue weighted by molar-refractivity contribution is 0.924. The van der Waals surface area contributed by atoms with Crippen LogP contribution in [-0.2, 0) is 0 Å². The zero-order valence-electron chi connectivity index (χ0n) is 7.55. The standard InChI is InChI=1S/C9H10N4S/c1-2-5-14-9-12-11-8-4-3-7(10)6-13(8)9/h2-4,6H,1,5,10H2. The molecule has 2 heterocycles. The Morgan fingerprint density at radius 2 is 2.36 bits per heavy atom. The quantitative estimate of drug-likeness (QED) is 0.612. The average Bonchev–Trinajstić information content (AvgIpc) is 2.57. The van der Waals surface area contributed by atoms with E-state index in [1.54, 1.807) is 11.8 Å². The molecule has 5 heteroatoms. The highest BCUT2D eigenvalue weighted by Crippen LogP contribution is 2.17. The molecular formula is C9H10N4S. The fourth-order valence-corrected chi connectivity index (χ4v) is 1.77. The number of nitrogens with two attached hydrogens (primary N) is 1. The molecule has 0 unspecified atom stereocenters. The smallest absolute Gasteiger partial charge is 0.195 e. The first-order chi connectivity index (χ1) is 6.81. The molecule has 0 spiro atoms. The Balaban J connectivity index is 2.44. The van der Waals surface area contributed by atoms with Gasteiger partial charge in [0.05, 0.1) is 0 Å². The minimum atomic E-state index is 0.706. The van der Waals surface area contributed by atoms with Crippen LogP contribution in [0.2, 0.25) is 0 Å². The van der Waals surface area contributed by atoms with Crippen LogP contribution in [0.4, 0.5) is 5.69 Å². The van der Waals surface area contributed by atoms with Gasteiger partial charge in [0.25, 0.3) is 0 Å². The van der Waals surface area contributed by atoms with Gasteiger partial charge in [-0.1, -0.05) is 17.8 Å². The van der Waals surface area contributed by atoms with Crippen molar-refractivity contribution in [2.24, 2.45) is 0 Å². The van der Waals surface area contributed by atoms with Crippen molar-refractivity contribution in [1.82, 2.24) is 14.6 Å². The van der Waals surface area contributed by atoms with Crippen LogP contribution in [0.5, 0.6) is 0 Å². The molecule has 72 valence electrons. The molecule has 4 nitrogen and oxygen atoms in total. The van der Waals surface area contributed by atoms with Gasteiger partial charge in [0.15, 0.2) is 10.8 Å². The van der Waals surface area contributed by atoms with Gasteiger partial charge >= 0.3 is 0 Å². The summed E-state index contributed by atoms with van der Waals surface area (Å²) in [6.45, 7) is 3.65. The topological polar surface area (TPSA) is 56.2 Å². The molecule has 2 aromatic heterocycles. The van der Waals surface area contributed by atoms with E-state index in [1.165, 1.54) is 0 Å². The number of pyridine rings is 1. The van der Waals surface area contributed by atoms with Gasteiger partial charge in [0.1, 0.15) is 0 Å². The number of aromatic nitrogens is 3. The van der Waals surface area contributed by atoms with E-state index >= 15 is 0 Å². The van der Waals surface area contributed by atoms with Crippen molar-refractivity contribution < 1.29 is 0 Å². The molecule has 14 heavy (non-hydrogen) atoms. The summed E-state index contributed by atoms with van der Waals surface area (Å²) in [7, 11) is 0. The summed E-state index contributed by atoms with van der Waals surface area (Å²) in [5, 5.41) is 8.90. The van der Waals surface area contributed by atoms with E-state index in [-0.39, 0.29) is 0 Å². The van der Waals surface area contributed by atoms with Gasteiger partial charge in [-0.2, -0.15) is 0 Å². The Morgan fingerprint density at radius 1 is 1.50 bits per heavy atom. The highest BCUT2D eigenvalue weighted by Gasteiger charge is 2.04. The van der Waals surface area contributed by atoms with E-state index in [2.05, 4.69) is 16.8 Å². The maximum atomic E-state index is 5.67.